The molecule has 0 bridgehead atoms. The van der Waals surface area contributed by atoms with E-state index in [1.807, 2.05) is 18.2 Å². The second-order valence-corrected chi connectivity index (χ2v) is 5.40. The van der Waals surface area contributed by atoms with Crippen molar-refractivity contribution in [2.24, 2.45) is 0 Å². The predicted octanol–water partition coefficient (Wildman–Crippen LogP) is 5.71. The maximum absolute atomic E-state index is 6.07. The van der Waals surface area contributed by atoms with Crippen molar-refractivity contribution >= 4 is 0 Å². The lowest BCUT2D eigenvalue weighted by atomic mass is 10.0. The van der Waals surface area contributed by atoms with Crippen molar-refractivity contribution in [3.63, 3.8) is 0 Å². The van der Waals surface area contributed by atoms with Gasteiger partial charge in [-0.05, 0) is 24.5 Å². The highest BCUT2D eigenvalue weighted by atomic mass is 16.5. The fraction of sp³-hybridized carbons (Fsp3) is 0.400. The molecule has 0 saturated heterocycles. The minimum Gasteiger partial charge on any atom is -0.490 e. The molecule has 0 aliphatic heterocycles. The number of unbranched alkanes of at least 4 members (excludes halogenated alkanes) is 2. The Morgan fingerprint density at radius 2 is 1.41 bits per heavy atom. The van der Waals surface area contributed by atoms with E-state index in [1.165, 1.54) is 0 Å². The van der Waals surface area contributed by atoms with E-state index in [-0.39, 0.29) is 0 Å². The number of para-hydroxylation sites is 1. The summed E-state index contributed by atoms with van der Waals surface area (Å²) in [4.78, 5) is 0. The number of ether oxygens (including phenoxy) is 2. The molecule has 0 heterocycles. The molecule has 0 saturated carbocycles. The molecule has 0 aromatic heterocycles. The quantitative estimate of drug-likeness (QED) is 0.552. The fourth-order valence-electron chi connectivity index (χ4n) is 2.27. The van der Waals surface area contributed by atoms with E-state index >= 15 is 0 Å². The van der Waals surface area contributed by atoms with E-state index in [2.05, 4.69) is 44.2 Å². The molecule has 0 atom stereocenters. The molecular weight excluding hydrogens is 272 g/mol. The molecule has 22 heavy (non-hydrogen) atoms. The highest BCUT2D eigenvalue weighted by Crippen LogP contribution is 2.38. The lowest BCUT2D eigenvalue weighted by Crippen LogP contribution is -2.03. The van der Waals surface area contributed by atoms with Gasteiger partial charge >= 0.3 is 0 Å². The van der Waals surface area contributed by atoms with E-state index < -0.39 is 0 Å². The first-order valence-electron chi connectivity index (χ1n) is 8.30. The maximum atomic E-state index is 6.07. The Morgan fingerprint density at radius 3 is 2.09 bits per heavy atom. The van der Waals surface area contributed by atoms with Crippen molar-refractivity contribution in [2.75, 3.05) is 13.2 Å². The van der Waals surface area contributed by atoms with Crippen LogP contribution in [0.3, 0.4) is 0 Å². The summed E-state index contributed by atoms with van der Waals surface area (Å²) >= 11 is 0. The van der Waals surface area contributed by atoms with Crippen LogP contribution >= 0.6 is 0 Å². The monoisotopic (exact) mass is 298 g/mol. The third-order valence-corrected chi connectivity index (χ3v) is 3.56. The zero-order chi connectivity index (χ0) is 15.6. The van der Waals surface area contributed by atoms with Crippen molar-refractivity contribution in [1.29, 1.82) is 0 Å². The summed E-state index contributed by atoms with van der Waals surface area (Å²) < 4.78 is 12.0. The van der Waals surface area contributed by atoms with Crippen molar-refractivity contribution in [3.05, 3.63) is 48.5 Å². The standard InChI is InChI=1S/C20H26O2/c1-3-5-15-21-19-14-10-13-18(17-11-8-7-9-12-17)20(19)22-16-6-4-2/h7-14H,3-6,15-16H2,1-2H3. The summed E-state index contributed by atoms with van der Waals surface area (Å²) in [6.45, 7) is 5.80. The van der Waals surface area contributed by atoms with Crippen molar-refractivity contribution in [2.45, 2.75) is 39.5 Å². The van der Waals surface area contributed by atoms with Gasteiger partial charge in [0.2, 0.25) is 0 Å². The summed E-state index contributed by atoms with van der Waals surface area (Å²) in [5.41, 5.74) is 2.26. The van der Waals surface area contributed by atoms with E-state index in [4.69, 9.17) is 9.47 Å². The predicted molar refractivity (Wildman–Crippen MR) is 92.7 cm³/mol. The lowest BCUT2D eigenvalue weighted by molar-refractivity contribution is 0.263. The Balaban J connectivity index is 2.28. The van der Waals surface area contributed by atoms with E-state index in [0.717, 1.165) is 61.5 Å². The van der Waals surface area contributed by atoms with Crippen LogP contribution < -0.4 is 9.47 Å². The van der Waals surface area contributed by atoms with Crippen LogP contribution in [-0.4, -0.2) is 13.2 Å². The van der Waals surface area contributed by atoms with Gasteiger partial charge in [0.05, 0.1) is 13.2 Å². The lowest BCUT2D eigenvalue weighted by Gasteiger charge is -2.16. The van der Waals surface area contributed by atoms with Crippen LogP contribution in [0.1, 0.15) is 39.5 Å². The topological polar surface area (TPSA) is 18.5 Å². The van der Waals surface area contributed by atoms with Crippen molar-refractivity contribution in [1.82, 2.24) is 0 Å². The number of benzene rings is 2. The van der Waals surface area contributed by atoms with Gasteiger partial charge < -0.3 is 9.47 Å². The molecule has 0 N–H and O–H groups in total. The highest BCUT2D eigenvalue weighted by molar-refractivity contribution is 5.73. The highest BCUT2D eigenvalue weighted by Gasteiger charge is 2.12. The van der Waals surface area contributed by atoms with Crippen LogP contribution in [0.25, 0.3) is 11.1 Å². The summed E-state index contributed by atoms with van der Waals surface area (Å²) in [5, 5.41) is 0. The molecular formula is C20H26O2. The summed E-state index contributed by atoms with van der Waals surface area (Å²) in [7, 11) is 0. The molecule has 0 fully saturated rings. The third-order valence-electron chi connectivity index (χ3n) is 3.56. The zero-order valence-electron chi connectivity index (χ0n) is 13.7. The van der Waals surface area contributed by atoms with Crippen LogP contribution in [0.4, 0.5) is 0 Å². The van der Waals surface area contributed by atoms with Crippen molar-refractivity contribution < 1.29 is 9.47 Å². The van der Waals surface area contributed by atoms with E-state index in [1.54, 1.807) is 0 Å². The molecule has 0 radical (unpaired) electrons. The first kappa shape index (κ1) is 16.4. The second-order valence-electron chi connectivity index (χ2n) is 5.40. The van der Waals surface area contributed by atoms with E-state index in [0.29, 0.717) is 0 Å². The normalized spacial score (nSPS) is 10.5. The van der Waals surface area contributed by atoms with Crippen LogP contribution in [0.15, 0.2) is 48.5 Å². The first-order valence-corrected chi connectivity index (χ1v) is 8.30. The maximum Gasteiger partial charge on any atom is 0.168 e. The minimum atomic E-state index is 0.727. The van der Waals surface area contributed by atoms with Gasteiger partial charge in [0.25, 0.3) is 0 Å². The SMILES string of the molecule is CCCCOc1cccc(-c2ccccc2)c1OCCCC. The van der Waals surface area contributed by atoms with E-state index in [9.17, 15) is 0 Å². The third kappa shape index (κ3) is 4.52. The van der Waals surface area contributed by atoms with Gasteiger partial charge in [0, 0.05) is 5.56 Å². The van der Waals surface area contributed by atoms with Gasteiger partial charge in [-0.25, -0.2) is 0 Å². The summed E-state index contributed by atoms with van der Waals surface area (Å²) in [6, 6.07) is 16.5. The van der Waals surface area contributed by atoms with Gasteiger partial charge in [0.15, 0.2) is 11.5 Å². The largest absolute Gasteiger partial charge is 0.490 e. The van der Waals surface area contributed by atoms with Gasteiger partial charge in [-0.1, -0.05) is 69.2 Å². The average Bonchev–Trinajstić information content (AvgIpc) is 2.57. The second kappa shape index (κ2) is 9.14. The van der Waals surface area contributed by atoms with Gasteiger partial charge in [-0.2, -0.15) is 0 Å². The van der Waals surface area contributed by atoms with Crippen LogP contribution in [-0.2, 0) is 0 Å². The smallest absolute Gasteiger partial charge is 0.168 e. The minimum absolute atomic E-state index is 0.727. The van der Waals surface area contributed by atoms with Crippen LogP contribution in [0.2, 0.25) is 0 Å². The molecule has 118 valence electrons. The molecule has 0 unspecified atom stereocenters. The Labute approximate surface area is 134 Å². The van der Waals surface area contributed by atoms with Gasteiger partial charge in [-0.15, -0.1) is 0 Å². The van der Waals surface area contributed by atoms with Crippen molar-refractivity contribution in [3.8, 4) is 22.6 Å². The molecule has 0 spiro atoms. The van der Waals surface area contributed by atoms with Gasteiger partial charge in [0.1, 0.15) is 0 Å². The molecule has 2 aromatic rings. The molecule has 2 heteroatoms. The molecule has 0 aliphatic carbocycles. The van der Waals surface area contributed by atoms with Gasteiger partial charge in [-0.3, -0.25) is 0 Å². The van der Waals surface area contributed by atoms with Crippen LogP contribution in [0.5, 0.6) is 11.5 Å². The molecule has 0 aliphatic rings. The number of hydrogen-bond donors (Lipinski definition) is 0. The number of hydrogen-bond acceptors (Lipinski definition) is 2. The molecule has 2 nitrogen and oxygen atoms in total. The Hall–Kier alpha value is -1.96. The Morgan fingerprint density at radius 1 is 0.727 bits per heavy atom. The summed E-state index contributed by atoms with van der Waals surface area (Å²) in [6.07, 6.45) is 4.37. The van der Waals surface area contributed by atoms with Crippen LogP contribution in [0, 0.1) is 0 Å². The Bertz CT molecular complexity index is 549. The molecule has 2 rings (SSSR count). The first-order chi connectivity index (χ1) is 10.9. The fourth-order valence-corrected chi connectivity index (χ4v) is 2.27. The summed E-state index contributed by atoms with van der Waals surface area (Å²) in [5.74, 6) is 1.73. The zero-order valence-corrected chi connectivity index (χ0v) is 13.7. The molecule has 2 aromatic carbocycles. The number of rotatable bonds is 9. The molecule has 0 amide bonds. The average molecular weight is 298 g/mol. The Kier molecular flexibility index (Phi) is 6.82.